The van der Waals surface area contributed by atoms with Crippen molar-refractivity contribution in [2.75, 3.05) is 24.2 Å². The fraction of sp³-hybridized carbons (Fsp3) is 0.190. The first-order valence-electron chi connectivity index (χ1n) is 9.49. The quantitative estimate of drug-likeness (QED) is 0.312. The molecule has 2 aromatic carbocycles. The second kappa shape index (κ2) is 8.09. The van der Waals surface area contributed by atoms with Crippen LogP contribution >= 0.6 is 0 Å². The number of benzene rings is 2. The Morgan fingerprint density at radius 2 is 1.88 bits per heavy atom. The summed E-state index contributed by atoms with van der Waals surface area (Å²) in [4.78, 5) is 29.7. The summed E-state index contributed by atoms with van der Waals surface area (Å²) in [6, 6.07) is 11.0. The van der Waals surface area contributed by atoms with Gasteiger partial charge < -0.3 is 18.8 Å². The third-order valence-corrected chi connectivity index (χ3v) is 5.73. The van der Waals surface area contributed by atoms with Gasteiger partial charge in [-0.1, -0.05) is 0 Å². The van der Waals surface area contributed by atoms with Crippen LogP contribution in [-0.4, -0.2) is 48.4 Å². The maximum atomic E-state index is 12.6. The number of carboxylic acid groups (broad SMARTS) is 1. The van der Waals surface area contributed by atoms with Crippen LogP contribution in [0.25, 0.3) is 33.5 Å². The smallest absolute Gasteiger partial charge is 0.349 e. The van der Waals surface area contributed by atoms with Gasteiger partial charge in [-0.05, 0) is 42.8 Å². The molecular formula is C21H18N2O8S. The molecule has 2 aromatic heterocycles. The van der Waals surface area contributed by atoms with Gasteiger partial charge >= 0.3 is 11.6 Å². The average Bonchev–Trinajstić information content (AvgIpc) is 3.14. The number of anilines is 1. The zero-order valence-corrected chi connectivity index (χ0v) is 17.6. The first-order valence-corrected chi connectivity index (χ1v) is 11.1. The molecule has 0 atom stereocenters. The Morgan fingerprint density at radius 1 is 1.09 bits per heavy atom. The van der Waals surface area contributed by atoms with Gasteiger partial charge in [0.05, 0.1) is 11.3 Å². The van der Waals surface area contributed by atoms with Crippen molar-refractivity contribution in [3.8, 4) is 11.5 Å². The third kappa shape index (κ3) is 4.48. The van der Waals surface area contributed by atoms with Gasteiger partial charge in [-0.15, -0.1) is 0 Å². The molecule has 0 unspecified atom stereocenters. The second-order valence-corrected chi connectivity index (χ2v) is 8.81. The molecule has 0 aliphatic heterocycles. The predicted octanol–water partition coefficient (Wildman–Crippen LogP) is 3.01. The van der Waals surface area contributed by atoms with Gasteiger partial charge in [0, 0.05) is 30.7 Å². The third-order valence-electron chi connectivity index (χ3n) is 4.92. The van der Waals surface area contributed by atoms with Gasteiger partial charge in [-0.25, -0.2) is 14.6 Å². The molecule has 0 spiro atoms. The Kier molecular flexibility index (Phi) is 5.45. The highest BCUT2D eigenvalue weighted by molar-refractivity contribution is 7.85. The summed E-state index contributed by atoms with van der Waals surface area (Å²) in [7, 11) is -2.27. The van der Waals surface area contributed by atoms with Crippen LogP contribution in [0.5, 0.6) is 0 Å². The lowest BCUT2D eigenvalue weighted by Gasteiger charge is -2.19. The Bertz CT molecular complexity index is 1500. The monoisotopic (exact) mass is 458 g/mol. The molecule has 0 aliphatic rings. The van der Waals surface area contributed by atoms with Gasteiger partial charge in [0.2, 0.25) is 5.89 Å². The molecule has 10 nitrogen and oxygen atoms in total. The lowest BCUT2D eigenvalue weighted by Crippen LogP contribution is -2.21. The molecule has 4 aromatic rings. The Labute approximate surface area is 181 Å². The van der Waals surface area contributed by atoms with Gasteiger partial charge in [0.1, 0.15) is 16.7 Å². The number of carbonyl (C=O) groups is 1. The molecule has 166 valence electrons. The van der Waals surface area contributed by atoms with E-state index in [1.807, 2.05) is 0 Å². The van der Waals surface area contributed by atoms with Crippen molar-refractivity contribution >= 4 is 43.8 Å². The molecule has 0 saturated carbocycles. The predicted molar refractivity (Wildman–Crippen MR) is 117 cm³/mol. The number of aromatic carboxylic acids is 1. The fourth-order valence-corrected chi connectivity index (χ4v) is 3.77. The number of hydrogen-bond acceptors (Lipinski definition) is 8. The standard InChI is InChI=1S/C21H18N2O8S/c1-23(7-2-8-32(27,28)29)14-5-3-12-9-15(21(26)31-17(12)11-14)19-22-16-6-4-13(20(24)25)10-18(16)30-19/h3-6,9-11H,2,7-8H2,1H3,(H,24,25)(H,27,28,29). The zero-order chi connectivity index (χ0) is 23.0. The number of oxazole rings is 1. The fourth-order valence-electron chi connectivity index (χ4n) is 3.27. The van der Waals surface area contributed by atoms with Crippen molar-refractivity contribution in [3.63, 3.8) is 0 Å². The van der Waals surface area contributed by atoms with Crippen LogP contribution in [0.15, 0.2) is 56.1 Å². The number of carboxylic acids is 1. The molecule has 0 fully saturated rings. The highest BCUT2D eigenvalue weighted by atomic mass is 32.2. The molecule has 0 amide bonds. The maximum Gasteiger partial charge on any atom is 0.349 e. The van der Waals surface area contributed by atoms with Crippen LogP contribution in [0.2, 0.25) is 0 Å². The van der Waals surface area contributed by atoms with E-state index in [4.69, 9.17) is 18.5 Å². The number of hydrogen-bond donors (Lipinski definition) is 2. The zero-order valence-electron chi connectivity index (χ0n) is 16.8. The van der Waals surface area contributed by atoms with Gasteiger partial charge in [-0.2, -0.15) is 8.42 Å². The maximum absolute atomic E-state index is 12.6. The van der Waals surface area contributed by atoms with E-state index in [-0.39, 0.29) is 34.8 Å². The Morgan fingerprint density at radius 3 is 2.59 bits per heavy atom. The van der Waals surface area contributed by atoms with Crippen LogP contribution in [0, 0.1) is 0 Å². The highest BCUT2D eigenvalue weighted by Gasteiger charge is 2.16. The highest BCUT2D eigenvalue weighted by Crippen LogP contribution is 2.27. The summed E-state index contributed by atoms with van der Waals surface area (Å²) in [5.41, 5.74) is 1.13. The van der Waals surface area contributed by atoms with Crippen molar-refractivity contribution in [2.24, 2.45) is 0 Å². The molecular weight excluding hydrogens is 440 g/mol. The van der Waals surface area contributed by atoms with Crippen molar-refractivity contribution in [3.05, 3.63) is 58.4 Å². The topological polar surface area (TPSA) is 151 Å². The Hall–Kier alpha value is -3.70. The number of fused-ring (bicyclic) bond motifs is 2. The number of rotatable bonds is 7. The second-order valence-electron chi connectivity index (χ2n) is 7.24. The molecule has 0 bridgehead atoms. The molecule has 4 rings (SSSR count). The first-order chi connectivity index (χ1) is 15.1. The summed E-state index contributed by atoms with van der Waals surface area (Å²) in [6.07, 6.45) is 0.234. The van der Waals surface area contributed by atoms with E-state index in [0.29, 0.717) is 28.7 Å². The van der Waals surface area contributed by atoms with Crippen molar-refractivity contribution < 1.29 is 31.7 Å². The van der Waals surface area contributed by atoms with E-state index in [1.165, 1.54) is 18.2 Å². The van der Waals surface area contributed by atoms with Crippen molar-refractivity contribution in [1.82, 2.24) is 4.98 Å². The molecule has 32 heavy (non-hydrogen) atoms. The summed E-state index contributed by atoms with van der Waals surface area (Å²) >= 11 is 0. The van der Waals surface area contributed by atoms with E-state index < -0.39 is 21.7 Å². The molecule has 0 radical (unpaired) electrons. The number of aromatic nitrogens is 1. The summed E-state index contributed by atoms with van der Waals surface area (Å²) < 4.78 is 41.6. The van der Waals surface area contributed by atoms with Crippen LogP contribution in [0.4, 0.5) is 5.69 Å². The van der Waals surface area contributed by atoms with Gasteiger partial charge in [0.15, 0.2) is 5.58 Å². The number of nitrogens with zero attached hydrogens (tertiary/aromatic N) is 2. The lowest BCUT2D eigenvalue weighted by atomic mass is 10.1. The molecule has 0 aliphatic carbocycles. The summed E-state index contributed by atoms with van der Waals surface area (Å²) in [5.74, 6) is -1.43. The molecule has 11 heteroatoms. The van der Waals surface area contributed by atoms with Crippen LogP contribution < -0.4 is 10.5 Å². The van der Waals surface area contributed by atoms with E-state index in [9.17, 15) is 18.0 Å². The van der Waals surface area contributed by atoms with Crippen LogP contribution in [0.3, 0.4) is 0 Å². The van der Waals surface area contributed by atoms with Gasteiger partial charge in [0.25, 0.3) is 10.1 Å². The van der Waals surface area contributed by atoms with Crippen molar-refractivity contribution in [1.29, 1.82) is 0 Å². The van der Waals surface area contributed by atoms with E-state index in [1.54, 1.807) is 36.2 Å². The summed E-state index contributed by atoms with van der Waals surface area (Å²) in [6.45, 7) is 0.370. The SMILES string of the molecule is CN(CCCS(=O)(=O)O)c1ccc2cc(-c3nc4ccc(C(=O)O)cc4o3)c(=O)oc2c1. The van der Waals surface area contributed by atoms with Crippen LogP contribution in [0.1, 0.15) is 16.8 Å². The minimum atomic E-state index is -4.02. The Balaban J connectivity index is 1.64. The summed E-state index contributed by atoms with van der Waals surface area (Å²) in [5, 5.41) is 9.72. The molecule has 0 saturated heterocycles. The first kappa shape index (κ1) is 21.5. The normalized spacial score (nSPS) is 11.8. The largest absolute Gasteiger partial charge is 0.478 e. The van der Waals surface area contributed by atoms with E-state index >= 15 is 0 Å². The van der Waals surface area contributed by atoms with Crippen LogP contribution in [-0.2, 0) is 10.1 Å². The minimum absolute atomic E-state index is 0.0181. The van der Waals surface area contributed by atoms with Gasteiger partial charge in [-0.3, -0.25) is 4.55 Å². The average molecular weight is 458 g/mol. The van der Waals surface area contributed by atoms with E-state index in [0.717, 1.165) is 0 Å². The minimum Gasteiger partial charge on any atom is -0.478 e. The van der Waals surface area contributed by atoms with E-state index in [2.05, 4.69) is 4.98 Å². The molecule has 2 heterocycles. The lowest BCUT2D eigenvalue weighted by molar-refractivity contribution is 0.0697. The van der Waals surface area contributed by atoms with Crippen molar-refractivity contribution in [2.45, 2.75) is 6.42 Å². The molecule has 2 N–H and O–H groups in total.